The van der Waals surface area contributed by atoms with E-state index in [-0.39, 0.29) is 0 Å². The normalized spacial score (nSPS) is 11.4. The lowest BCUT2D eigenvalue weighted by Crippen LogP contribution is -2.09. The third kappa shape index (κ3) is 5.45. The molecule has 0 saturated carbocycles. The SMILES string of the molecule is c1ccc(-c2ccc(N(c3ccc(-c4ccc(-n5c6ccccc6c6oc7ccccc7c65)cc4)cc3)c3ccc(-c4ccccn4)cc3)cc2)cc1. The van der Waals surface area contributed by atoms with E-state index in [1.807, 2.05) is 36.5 Å². The fourth-order valence-electron chi connectivity index (χ4n) is 7.49. The van der Waals surface area contributed by atoms with Crippen molar-refractivity contribution in [3.63, 3.8) is 0 Å². The Hall–Kier alpha value is -7.17. The minimum atomic E-state index is 0.902. The molecule has 0 N–H and O–H groups in total. The van der Waals surface area contributed by atoms with Crippen LogP contribution in [-0.2, 0) is 0 Å². The minimum Gasteiger partial charge on any atom is -0.454 e. The molecule has 0 spiro atoms. The molecule has 0 unspecified atom stereocenters. The topological polar surface area (TPSA) is 34.2 Å². The molecule has 0 bridgehead atoms. The Morgan fingerprint density at radius 2 is 0.925 bits per heavy atom. The van der Waals surface area contributed by atoms with Crippen molar-refractivity contribution in [1.29, 1.82) is 0 Å². The maximum atomic E-state index is 6.38. The zero-order valence-electron chi connectivity index (χ0n) is 28.8. The van der Waals surface area contributed by atoms with Gasteiger partial charge >= 0.3 is 0 Å². The van der Waals surface area contributed by atoms with Crippen molar-refractivity contribution in [3.8, 4) is 39.2 Å². The fourth-order valence-corrected chi connectivity index (χ4v) is 7.49. The summed E-state index contributed by atoms with van der Waals surface area (Å²) in [5.74, 6) is 0. The lowest BCUT2D eigenvalue weighted by atomic mass is 10.0. The highest BCUT2D eigenvalue weighted by Gasteiger charge is 2.19. The highest BCUT2D eigenvalue weighted by Crippen LogP contribution is 2.40. The van der Waals surface area contributed by atoms with Gasteiger partial charge in [0, 0.05) is 45.3 Å². The number of furan rings is 1. The third-order valence-electron chi connectivity index (χ3n) is 10.1. The van der Waals surface area contributed by atoms with Gasteiger partial charge in [-0.2, -0.15) is 0 Å². The molecule has 0 aliphatic heterocycles. The molecule has 0 aliphatic rings. The molecule has 53 heavy (non-hydrogen) atoms. The van der Waals surface area contributed by atoms with E-state index in [1.54, 1.807) is 0 Å². The molecule has 0 aliphatic carbocycles. The van der Waals surface area contributed by atoms with Gasteiger partial charge in [-0.25, -0.2) is 0 Å². The van der Waals surface area contributed by atoms with Crippen LogP contribution in [0.1, 0.15) is 0 Å². The van der Waals surface area contributed by atoms with Crippen LogP contribution in [0.4, 0.5) is 17.1 Å². The number of fused-ring (bicyclic) bond motifs is 5. The second-order valence-electron chi connectivity index (χ2n) is 13.2. The molecule has 0 atom stereocenters. The summed E-state index contributed by atoms with van der Waals surface area (Å²) in [6, 6.07) is 68.4. The lowest BCUT2D eigenvalue weighted by Gasteiger charge is -2.26. The monoisotopic (exact) mass is 679 g/mol. The van der Waals surface area contributed by atoms with Gasteiger partial charge < -0.3 is 13.9 Å². The number of para-hydroxylation sites is 2. The average Bonchev–Trinajstić information content (AvgIpc) is 3.77. The van der Waals surface area contributed by atoms with Crippen LogP contribution >= 0.6 is 0 Å². The van der Waals surface area contributed by atoms with E-state index in [2.05, 4.69) is 178 Å². The van der Waals surface area contributed by atoms with Crippen LogP contribution in [0.15, 0.2) is 205 Å². The van der Waals surface area contributed by atoms with Gasteiger partial charge in [0.15, 0.2) is 5.58 Å². The minimum absolute atomic E-state index is 0.902. The summed E-state index contributed by atoms with van der Waals surface area (Å²) in [7, 11) is 0. The van der Waals surface area contributed by atoms with Gasteiger partial charge in [0.2, 0.25) is 0 Å². The molecule has 10 aromatic rings. The summed E-state index contributed by atoms with van der Waals surface area (Å²) in [4.78, 5) is 6.86. The van der Waals surface area contributed by atoms with Crippen molar-refractivity contribution in [2.75, 3.05) is 4.90 Å². The van der Waals surface area contributed by atoms with E-state index in [0.29, 0.717) is 0 Å². The quantitative estimate of drug-likeness (QED) is 0.168. The molecule has 0 fully saturated rings. The average molecular weight is 680 g/mol. The summed E-state index contributed by atoms with van der Waals surface area (Å²) in [5, 5.41) is 2.23. The molecule has 4 heteroatoms. The summed E-state index contributed by atoms with van der Waals surface area (Å²) in [5.41, 5.74) is 15.1. The number of nitrogens with zero attached hydrogens (tertiary/aromatic N) is 3. The molecule has 10 rings (SSSR count). The van der Waals surface area contributed by atoms with Gasteiger partial charge in [-0.3, -0.25) is 4.98 Å². The van der Waals surface area contributed by atoms with E-state index >= 15 is 0 Å². The first-order valence-electron chi connectivity index (χ1n) is 17.9. The Morgan fingerprint density at radius 3 is 1.55 bits per heavy atom. The number of anilines is 3. The molecule has 3 aromatic heterocycles. The predicted octanol–water partition coefficient (Wildman–Crippen LogP) is 13.4. The van der Waals surface area contributed by atoms with Gasteiger partial charge in [-0.15, -0.1) is 0 Å². The fraction of sp³-hybridized carbons (Fsp3) is 0. The molecule has 4 nitrogen and oxygen atoms in total. The summed E-state index contributed by atoms with van der Waals surface area (Å²) >= 11 is 0. The molecular formula is C49H33N3O. The summed E-state index contributed by atoms with van der Waals surface area (Å²) < 4.78 is 8.70. The van der Waals surface area contributed by atoms with Crippen LogP contribution in [-0.4, -0.2) is 9.55 Å². The number of rotatable bonds is 7. The van der Waals surface area contributed by atoms with Crippen molar-refractivity contribution in [2.45, 2.75) is 0 Å². The number of hydrogen-bond acceptors (Lipinski definition) is 3. The van der Waals surface area contributed by atoms with Crippen LogP contribution in [0.3, 0.4) is 0 Å². The Bertz CT molecular complexity index is 2750. The molecule has 0 amide bonds. The molecule has 250 valence electrons. The number of benzene rings is 7. The maximum absolute atomic E-state index is 6.38. The molecule has 0 saturated heterocycles. The van der Waals surface area contributed by atoms with Crippen molar-refractivity contribution >= 4 is 50.0 Å². The summed E-state index contributed by atoms with van der Waals surface area (Å²) in [6.07, 6.45) is 1.83. The zero-order chi connectivity index (χ0) is 35.1. The highest BCUT2D eigenvalue weighted by atomic mass is 16.3. The van der Waals surface area contributed by atoms with Crippen LogP contribution in [0.25, 0.3) is 72.2 Å². The third-order valence-corrected chi connectivity index (χ3v) is 10.1. The van der Waals surface area contributed by atoms with Crippen molar-refractivity contribution in [3.05, 3.63) is 200 Å². The first-order valence-corrected chi connectivity index (χ1v) is 17.9. The molecular weight excluding hydrogens is 647 g/mol. The van der Waals surface area contributed by atoms with E-state index in [1.165, 1.54) is 11.1 Å². The van der Waals surface area contributed by atoms with Crippen LogP contribution in [0, 0.1) is 0 Å². The number of hydrogen-bond donors (Lipinski definition) is 0. The molecule has 3 heterocycles. The predicted molar refractivity (Wildman–Crippen MR) is 219 cm³/mol. The van der Waals surface area contributed by atoms with E-state index in [9.17, 15) is 0 Å². The Morgan fingerprint density at radius 1 is 0.415 bits per heavy atom. The van der Waals surface area contributed by atoms with Crippen molar-refractivity contribution < 1.29 is 4.42 Å². The molecule has 7 aromatic carbocycles. The van der Waals surface area contributed by atoms with Gasteiger partial charge in [0.05, 0.1) is 11.2 Å². The van der Waals surface area contributed by atoms with Crippen LogP contribution in [0.5, 0.6) is 0 Å². The first-order chi connectivity index (χ1) is 26.3. The van der Waals surface area contributed by atoms with Gasteiger partial charge in [0.1, 0.15) is 11.1 Å². The Balaban J connectivity index is 1.00. The lowest BCUT2D eigenvalue weighted by molar-refractivity contribution is 0.673. The maximum Gasteiger partial charge on any atom is 0.161 e. The smallest absolute Gasteiger partial charge is 0.161 e. The number of pyridine rings is 1. The standard InChI is InChI=1S/C49H33N3O/c1-2-10-34(11-3-1)35-17-25-39(26-18-35)51(41-31-23-38(24-32-41)45-14-8-9-33-50-45)40-27-19-36(20-28-40)37-21-29-42(30-22-37)52-46-15-6-4-12-43(46)49-48(52)44-13-5-7-16-47(44)53-49/h1-33H. The largest absolute Gasteiger partial charge is 0.454 e. The van der Waals surface area contributed by atoms with Crippen molar-refractivity contribution in [2.24, 2.45) is 0 Å². The second kappa shape index (κ2) is 12.9. The first kappa shape index (κ1) is 30.6. The van der Waals surface area contributed by atoms with E-state index in [4.69, 9.17) is 4.42 Å². The van der Waals surface area contributed by atoms with Gasteiger partial charge in [-0.1, -0.05) is 109 Å². The number of aromatic nitrogens is 2. The van der Waals surface area contributed by atoms with Crippen LogP contribution in [0.2, 0.25) is 0 Å². The summed E-state index contributed by atoms with van der Waals surface area (Å²) in [6.45, 7) is 0. The highest BCUT2D eigenvalue weighted by molar-refractivity contribution is 6.16. The van der Waals surface area contributed by atoms with E-state index < -0.39 is 0 Å². The molecule has 0 radical (unpaired) electrons. The Kier molecular flexibility index (Phi) is 7.43. The van der Waals surface area contributed by atoms with Crippen LogP contribution < -0.4 is 4.90 Å². The van der Waals surface area contributed by atoms with Gasteiger partial charge in [-0.05, 0) is 107 Å². The second-order valence-corrected chi connectivity index (χ2v) is 13.2. The van der Waals surface area contributed by atoms with Crippen molar-refractivity contribution in [1.82, 2.24) is 9.55 Å². The Labute approximate surface area is 307 Å². The van der Waals surface area contributed by atoms with Gasteiger partial charge in [0.25, 0.3) is 0 Å². The van der Waals surface area contributed by atoms with E-state index in [0.717, 1.165) is 78.1 Å². The zero-order valence-corrected chi connectivity index (χ0v) is 28.8.